The summed E-state index contributed by atoms with van der Waals surface area (Å²) in [5, 5.41) is 4.60. The lowest BCUT2D eigenvalue weighted by molar-refractivity contribution is 0.0967. The van der Waals surface area contributed by atoms with Crippen molar-refractivity contribution in [2.45, 2.75) is 0 Å². The predicted molar refractivity (Wildman–Crippen MR) is 61.8 cm³/mol. The normalized spacial score (nSPS) is 11.3. The zero-order chi connectivity index (χ0) is 10.4. The van der Waals surface area contributed by atoms with E-state index in [0.717, 1.165) is 15.3 Å². The summed E-state index contributed by atoms with van der Waals surface area (Å²) in [7, 11) is 1.63. The fraction of sp³-hybridized carbons (Fsp3) is 0.111. The maximum Gasteiger partial charge on any atom is 0.261 e. The average molecular weight is 237 g/mol. The van der Waals surface area contributed by atoms with Gasteiger partial charge in [-0.3, -0.25) is 9.20 Å². The van der Waals surface area contributed by atoms with Crippen LogP contribution >= 0.6 is 22.7 Å². The van der Waals surface area contributed by atoms with Crippen molar-refractivity contribution in [2.24, 2.45) is 0 Å². The van der Waals surface area contributed by atoms with Gasteiger partial charge in [0.15, 0.2) is 4.96 Å². The van der Waals surface area contributed by atoms with Gasteiger partial charge in [-0.25, -0.2) is 4.98 Å². The number of hydrogen-bond donors (Lipinski definition) is 1. The minimum Gasteiger partial charge on any atom is -0.354 e. The molecular formula is C9H7N3OS2. The molecule has 0 fully saturated rings. The molecule has 0 aliphatic rings. The van der Waals surface area contributed by atoms with E-state index in [4.69, 9.17) is 0 Å². The smallest absolute Gasteiger partial charge is 0.261 e. The van der Waals surface area contributed by atoms with E-state index in [-0.39, 0.29) is 5.91 Å². The summed E-state index contributed by atoms with van der Waals surface area (Å²) < 4.78 is 2.00. The van der Waals surface area contributed by atoms with Crippen LogP contribution in [0.2, 0.25) is 0 Å². The first-order valence-electron chi connectivity index (χ1n) is 4.37. The highest BCUT2D eigenvalue weighted by atomic mass is 32.1. The molecule has 76 valence electrons. The van der Waals surface area contributed by atoms with Crippen LogP contribution in [0.3, 0.4) is 0 Å². The molecular weight excluding hydrogens is 230 g/mol. The number of nitrogens with one attached hydrogen (secondary N) is 1. The van der Waals surface area contributed by atoms with Crippen molar-refractivity contribution in [2.75, 3.05) is 7.05 Å². The number of imidazole rings is 1. The minimum atomic E-state index is -0.0537. The highest BCUT2D eigenvalue weighted by molar-refractivity contribution is 7.21. The Bertz CT molecular complexity index is 649. The van der Waals surface area contributed by atoms with Crippen molar-refractivity contribution in [3.63, 3.8) is 0 Å². The van der Waals surface area contributed by atoms with Gasteiger partial charge in [0.2, 0.25) is 0 Å². The van der Waals surface area contributed by atoms with Gasteiger partial charge in [0.05, 0.1) is 10.4 Å². The van der Waals surface area contributed by atoms with Crippen molar-refractivity contribution in [3.8, 4) is 0 Å². The molecule has 0 aromatic carbocycles. The van der Waals surface area contributed by atoms with Crippen LogP contribution in [0.25, 0.3) is 15.3 Å². The predicted octanol–water partition coefficient (Wildman–Crippen LogP) is 1.97. The molecule has 0 bridgehead atoms. The van der Waals surface area contributed by atoms with Gasteiger partial charge in [-0.15, -0.1) is 22.7 Å². The Balaban J connectivity index is 2.29. The van der Waals surface area contributed by atoms with Crippen LogP contribution in [0.1, 0.15) is 9.67 Å². The van der Waals surface area contributed by atoms with Crippen molar-refractivity contribution >= 4 is 43.9 Å². The second-order valence-corrected chi connectivity index (χ2v) is 4.95. The van der Waals surface area contributed by atoms with E-state index in [0.29, 0.717) is 4.88 Å². The van der Waals surface area contributed by atoms with Gasteiger partial charge in [0.25, 0.3) is 5.91 Å². The Morgan fingerprint density at radius 3 is 3.27 bits per heavy atom. The topological polar surface area (TPSA) is 46.4 Å². The van der Waals surface area contributed by atoms with Crippen molar-refractivity contribution in [3.05, 3.63) is 22.5 Å². The number of carbonyl (C=O) groups excluding carboxylic acids is 1. The molecule has 4 nitrogen and oxygen atoms in total. The van der Waals surface area contributed by atoms with Crippen LogP contribution in [-0.4, -0.2) is 22.3 Å². The van der Waals surface area contributed by atoms with Gasteiger partial charge in [-0.1, -0.05) is 0 Å². The molecule has 0 radical (unpaired) electrons. The lowest BCUT2D eigenvalue weighted by Gasteiger charge is -1.91. The molecule has 3 rings (SSSR count). The number of nitrogens with zero attached hydrogens (tertiary/aromatic N) is 2. The summed E-state index contributed by atoms with van der Waals surface area (Å²) in [4.78, 5) is 18.4. The average Bonchev–Trinajstić information content (AvgIpc) is 2.85. The lowest BCUT2D eigenvalue weighted by Crippen LogP contribution is -2.16. The van der Waals surface area contributed by atoms with E-state index in [1.807, 2.05) is 22.0 Å². The Labute approximate surface area is 93.2 Å². The summed E-state index contributed by atoms with van der Waals surface area (Å²) in [5.41, 5.74) is 1.01. The van der Waals surface area contributed by atoms with E-state index in [1.54, 1.807) is 18.4 Å². The summed E-state index contributed by atoms with van der Waals surface area (Å²) in [6, 6.07) is 1.88. The number of fused-ring (bicyclic) bond motifs is 3. The molecule has 0 saturated heterocycles. The number of hydrogen-bond acceptors (Lipinski definition) is 4. The van der Waals surface area contributed by atoms with Gasteiger partial charge in [-0.05, 0) is 6.07 Å². The standard InChI is InChI=1S/C9H7N3OS2/c1-10-7(13)6-4-5-8(15-6)11-9-12(5)2-3-14-9/h2-4H,1H3,(H,10,13). The second kappa shape index (κ2) is 3.04. The minimum absolute atomic E-state index is 0.0537. The summed E-state index contributed by atoms with van der Waals surface area (Å²) in [5.74, 6) is -0.0537. The first-order valence-corrected chi connectivity index (χ1v) is 6.06. The zero-order valence-corrected chi connectivity index (χ0v) is 9.48. The van der Waals surface area contributed by atoms with Crippen LogP contribution in [0.5, 0.6) is 0 Å². The molecule has 0 atom stereocenters. The number of rotatable bonds is 1. The summed E-state index contributed by atoms with van der Waals surface area (Å²) >= 11 is 3.02. The van der Waals surface area contributed by atoms with E-state index >= 15 is 0 Å². The van der Waals surface area contributed by atoms with Crippen LogP contribution in [0.15, 0.2) is 17.6 Å². The van der Waals surface area contributed by atoms with E-state index in [2.05, 4.69) is 10.3 Å². The third-order valence-corrected chi connectivity index (χ3v) is 3.96. The molecule has 0 unspecified atom stereocenters. The van der Waals surface area contributed by atoms with Crippen LogP contribution < -0.4 is 5.32 Å². The Hall–Kier alpha value is -1.40. The first kappa shape index (κ1) is 8.87. The van der Waals surface area contributed by atoms with Gasteiger partial charge >= 0.3 is 0 Å². The SMILES string of the molecule is CNC(=O)c1cc2c(nc3sccn32)s1. The Morgan fingerprint density at radius 1 is 1.60 bits per heavy atom. The molecule has 0 aliphatic carbocycles. The van der Waals surface area contributed by atoms with Gasteiger partial charge < -0.3 is 5.32 Å². The first-order chi connectivity index (χ1) is 7.29. The maximum absolute atomic E-state index is 11.4. The molecule has 6 heteroatoms. The molecule has 1 amide bonds. The number of thiophene rings is 1. The zero-order valence-electron chi connectivity index (χ0n) is 7.85. The molecule has 15 heavy (non-hydrogen) atoms. The number of aromatic nitrogens is 2. The van der Waals surface area contributed by atoms with Gasteiger partial charge in [-0.2, -0.15) is 0 Å². The highest BCUT2D eigenvalue weighted by Crippen LogP contribution is 2.27. The Morgan fingerprint density at radius 2 is 2.47 bits per heavy atom. The molecule has 0 spiro atoms. The number of thiazole rings is 1. The van der Waals surface area contributed by atoms with E-state index < -0.39 is 0 Å². The number of carbonyl (C=O) groups is 1. The Kier molecular flexibility index (Phi) is 1.80. The molecule has 3 aromatic rings. The molecule has 3 aromatic heterocycles. The van der Waals surface area contributed by atoms with Crippen molar-refractivity contribution in [1.29, 1.82) is 0 Å². The van der Waals surface area contributed by atoms with E-state index in [1.165, 1.54) is 11.3 Å². The van der Waals surface area contributed by atoms with Gasteiger partial charge in [0, 0.05) is 18.6 Å². The van der Waals surface area contributed by atoms with Crippen molar-refractivity contribution in [1.82, 2.24) is 14.7 Å². The quantitative estimate of drug-likeness (QED) is 0.703. The largest absolute Gasteiger partial charge is 0.354 e. The third kappa shape index (κ3) is 1.18. The molecule has 3 heterocycles. The highest BCUT2D eigenvalue weighted by Gasteiger charge is 2.13. The lowest BCUT2D eigenvalue weighted by atomic mass is 10.4. The number of amides is 1. The second-order valence-electron chi connectivity index (χ2n) is 3.05. The maximum atomic E-state index is 11.4. The fourth-order valence-electron chi connectivity index (χ4n) is 1.48. The third-order valence-electron chi connectivity index (χ3n) is 2.19. The molecule has 1 N–H and O–H groups in total. The van der Waals surface area contributed by atoms with Crippen LogP contribution in [0, 0.1) is 0 Å². The fourth-order valence-corrected chi connectivity index (χ4v) is 3.23. The summed E-state index contributed by atoms with van der Waals surface area (Å²) in [6.07, 6.45) is 1.97. The molecule has 0 saturated carbocycles. The van der Waals surface area contributed by atoms with Crippen LogP contribution in [-0.2, 0) is 0 Å². The van der Waals surface area contributed by atoms with Gasteiger partial charge in [0.1, 0.15) is 4.83 Å². The summed E-state index contributed by atoms with van der Waals surface area (Å²) in [6.45, 7) is 0. The van der Waals surface area contributed by atoms with Crippen LogP contribution in [0.4, 0.5) is 0 Å². The molecule has 0 aliphatic heterocycles. The van der Waals surface area contributed by atoms with E-state index in [9.17, 15) is 4.79 Å². The van der Waals surface area contributed by atoms with Crippen molar-refractivity contribution < 1.29 is 4.79 Å². The monoisotopic (exact) mass is 237 g/mol.